The van der Waals surface area contributed by atoms with Crippen molar-refractivity contribution in [3.8, 4) is 11.3 Å². The van der Waals surface area contributed by atoms with E-state index in [2.05, 4.69) is 10.5 Å². The van der Waals surface area contributed by atoms with E-state index in [-0.39, 0.29) is 34.2 Å². The van der Waals surface area contributed by atoms with Crippen molar-refractivity contribution >= 4 is 40.1 Å². The molecule has 0 bridgehead atoms. The lowest BCUT2D eigenvalue weighted by Gasteiger charge is -2.09. The number of nitrogens with zero attached hydrogens (tertiary/aromatic N) is 3. The molecular formula is C19H13F3N4O7S. The van der Waals surface area contributed by atoms with Crippen LogP contribution in [-0.4, -0.2) is 28.6 Å². The minimum Gasteiger partial charge on any atom is -0.465 e. The Morgan fingerprint density at radius 1 is 1.15 bits per heavy atom. The van der Waals surface area contributed by atoms with E-state index >= 15 is 0 Å². The maximum absolute atomic E-state index is 13.0. The lowest BCUT2D eigenvalue weighted by molar-refractivity contribution is -0.392. The number of hydrogen-bond acceptors (Lipinski definition) is 10. The number of esters is 1. The van der Waals surface area contributed by atoms with Crippen LogP contribution in [0.4, 0.5) is 30.2 Å². The highest BCUT2D eigenvalue weighted by molar-refractivity contribution is 7.12. The van der Waals surface area contributed by atoms with Crippen LogP contribution in [0.3, 0.4) is 0 Å². The molecule has 3 rings (SSSR count). The standard InChI is InChI=1S/C19H13F3N4O7S/c1-9(14-3-4-15(33-14)11-5-6-34-17(11)18(27)32-2)23-24-16-12(25(28)29)7-10(19(20,21)22)8-13(16)26(30)31/h3-8,24H,1-2H3/b23-9-. The molecule has 1 aromatic carbocycles. The number of ether oxygens (including phenoxy) is 1. The van der Waals surface area contributed by atoms with Crippen LogP contribution >= 0.6 is 11.3 Å². The smallest absolute Gasteiger partial charge is 0.416 e. The van der Waals surface area contributed by atoms with E-state index in [1.54, 1.807) is 11.4 Å². The van der Waals surface area contributed by atoms with Gasteiger partial charge in [0.15, 0.2) is 5.76 Å². The van der Waals surface area contributed by atoms with Gasteiger partial charge in [-0.1, -0.05) is 0 Å². The highest BCUT2D eigenvalue weighted by atomic mass is 32.1. The van der Waals surface area contributed by atoms with Gasteiger partial charge in [-0.05, 0) is 30.5 Å². The number of nitro groups is 2. The number of halogens is 3. The number of nitrogens with one attached hydrogen (secondary N) is 1. The van der Waals surface area contributed by atoms with Crippen LogP contribution in [0.2, 0.25) is 0 Å². The van der Waals surface area contributed by atoms with Gasteiger partial charge in [0.25, 0.3) is 0 Å². The Bertz CT molecular complexity index is 1280. The molecule has 2 aromatic heterocycles. The molecule has 1 N–H and O–H groups in total. The topological polar surface area (TPSA) is 150 Å². The second-order valence-corrected chi connectivity index (χ2v) is 7.45. The zero-order chi connectivity index (χ0) is 25.2. The van der Waals surface area contributed by atoms with E-state index in [4.69, 9.17) is 9.15 Å². The molecule has 0 spiro atoms. The van der Waals surface area contributed by atoms with Crippen LogP contribution in [0.5, 0.6) is 0 Å². The molecule has 0 aliphatic rings. The van der Waals surface area contributed by atoms with Crippen LogP contribution in [-0.2, 0) is 10.9 Å². The number of furan rings is 1. The van der Waals surface area contributed by atoms with Gasteiger partial charge < -0.3 is 9.15 Å². The highest BCUT2D eigenvalue weighted by Crippen LogP contribution is 2.41. The van der Waals surface area contributed by atoms with Crippen molar-refractivity contribution in [2.45, 2.75) is 13.1 Å². The Balaban J connectivity index is 1.98. The molecule has 0 aliphatic heterocycles. The lowest BCUT2D eigenvalue weighted by Crippen LogP contribution is -2.10. The first-order chi connectivity index (χ1) is 15.9. The third kappa shape index (κ3) is 4.88. The van der Waals surface area contributed by atoms with E-state index in [1.165, 1.54) is 26.2 Å². The molecule has 0 fully saturated rings. The molecule has 178 valence electrons. The number of rotatable bonds is 7. The quantitative estimate of drug-likeness (QED) is 0.195. The van der Waals surface area contributed by atoms with Crippen molar-refractivity contribution in [1.82, 2.24) is 0 Å². The number of carbonyl (C=O) groups excluding carboxylic acids is 1. The van der Waals surface area contributed by atoms with Crippen LogP contribution < -0.4 is 5.43 Å². The van der Waals surface area contributed by atoms with Crippen molar-refractivity contribution in [3.05, 3.63) is 72.1 Å². The number of thiophene rings is 1. The first kappa shape index (κ1) is 24.4. The van der Waals surface area contributed by atoms with Crippen LogP contribution in [0.1, 0.15) is 27.9 Å². The summed E-state index contributed by atoms with van der Waals surface area (Å²) in [5, 5.41) is 28.1. The van der Waals surface area contributed by atoms with Crippen molar-refractivity contribution in [1.29, 1.82) is 0 Å². The zero-order valence-corrected chi connectivity index (χ0v) is 18.0. The van der Waals surface area contributed by atoms with Gasteiger partial charge in [0.2, 0.25) is 5.69 Å². The van der Waals surface area contributed by atoms with Gasteiger partial charge in [0.1, 0.15) is 16.3 Å². The fourth-order valence-electron chi connectivity index (χ4n) is 2.80. The monoisotopic (exact) mass is 498 g/mol. The van der Waals surface area contributed by atoms with Gasteiger partial charge in [-0.3, -0.25) is 25.7 Å². The Kier molecular flexibility index (Phi) is 6.67. The van der Waals surface area contributed by atoms with E-state index in [0.717, 1.165) is 11.3 Å². The molecule has 15 heteroatoms. The molecule has 3 aromatic rings. The molecule has 0 aliphatic carbocycles. The average Bonchev–Trinajstić information content (AvgIpc) is 3.44. The Morgan fingerprint density at radius 3 is 2.29 bits per heavy atom. The Hall–Kier alpha value is -4.27. The average molecular weight is 498 g/mol. The molecule has 0 saturated heterocycles. The Labute approximate surface area is 191 Å². The van der Waals surface area contributed by atoms with Crippen LogP contribution in [0.15, 0.2) is 45.2 Å². The number of hydrazone groups is 1. The van der Waals surface area contributed by atoms with Gasteiger partial charge in [-0.15, -0.1) is 11.3 Å². The summed E-state index contributed by atoms with van der Waals surface area (Å²) >= 11 is 1.13. The summed E-state index contributed by atoms with van der Waals surface area (Å²) in [4.78, 5) is 32.4. The summed E-state index contributed by atoms with van der Waals surface area (Å²) in [6.07, 6.45) is -5.04. The molecular weight excluding hydrogens is 485 g/mol. The van der Waals surface area contributed by atoms with Crippen molar-refractivity contribution in [3.63, 3.8) is 0 Å². The number of nitro benzene ring substituents is 2. The molecule has 0 unspecified atom stereocenters. The number of anilines is 1. The summed E-state index contributed by atoms with van der Waals surface area (Å²) in [7, 11) is 1.22. The molecule has 0 saturated carbocycles. The number of benzene rings is 1. The second-order valence-electron chi connectivity index (χ2n) is 6.53. The molecule has 0 amide bonds. The molecule has 34 heavy (non-hydrogen) atoms. The third-order valence-electron chi connectivity index (χ3n) is 4.42. The molecule has 11 nitrogen and oxygen atoms in total. The maximum Gasteiger partial charge on any atom is 0.416 e. The highest BCUT2D eigenvalue weighted by Gasteiger charge is 2.37. The normalized spacial score (nSPS) is 11.9. The number of alkyl halides is 3. The molecule has 2 heterocycles. The second kappa shape index (κ2) is 9.30. The van der Waals surface area contributed by atoms with Crippen LogP contribution in [0, 0.1) is 20.2 Å². The SMILES string of the molecule is COC(=O)c1sccc1-c1ccc(/C(C)=N\Nc2c([N+](=O)[O-])cc(C(F)(F)F)cc2[N+](=O)[O-])o1. The van der Waals surface area contributed by atoms with Gasteiger partial charge in [0.05, 0.1) is 22.5 Å². The van der Waals surface area contributed by atoms with E-state index in [1.807, 2.05) is 0 Å². The number of carbonyl (C=O) groups is 1. The summed E-state index contributed by atoms with van der Waals surface area (Å²) in [5.41, 5.74) is -2.14. The summed E-state index contributed by atoms with van der Waals surface area (Å²) in [6.45, 7) is 1.40. The minimum absolute atomic E-state index is 0.0598. The third-order valence-corrected chi connectivity index (χ3v) is 5.31. The van der Waals surface area contributed by atoms with Gasteiger partial charge in [-0.2, -0.15) is 18.3 Å². The fraction of sp³-hybridized carbons (Fsp3) is 0.158. The van der Waals surface area contributed by atoms with Crippen molar-refractivity contribution in [2.24, 2.45) is 5.10 Å². The van der Waals surface area contributed by atoms with Gasteiger partial charge in [0, 0.05) is 17.7 Å². The number of hydrogen-bond donors (Lipinski definition) is 1. The van der Waals surface area contributed by atoms with E-state index < -0.39 is 44.6 Å². The predicted molar refractivity (Wildman–Crippen MR) is 114 cm³/mol. The zero-order valence-electron chi connectivity index (χ0n) is 17.2. The Morgan fingerprint density at radius 2 is 1.76 bits per heavy atom. The van der Waals surface area contributed by atoms with E-state index in [9.17, 15) is 38.2 Å². The predicted octanol–water partition coefficient (Wildman–Crippen LogP) is 5.47. The summed E-state index contributed by atoms with van der Waals surface area (Å²) < 4.78 is 49.4. The summed E-state index contributed by atoms with van der Waals surface area (Å²) in [6, 6.07) is 4.96. The first-order valence-electron chi connectivity index (χ1n) is 9.04. The van der Waals surface area contributed by atoms with Crippen molar-refractivity contribution in [2.75, 3.05) is 12.5 Å². The minimum atomic E-state index is -5.04. The van der Waals surface area contributed by atoms with Crippen LogP contribution in [0.25, 0.3) is 11.3 Å². The summed E-state index contributed by atoms with van der Waals surface area (Å²) in [5.74, 6) is -0.170. The molecule has 0 atom stereocenters. The van der Waals surface area contributed by atoms with Crippen molar-refractivity contribution < 1.29 is 37.0 Å². The maximum atomic E-state index is 13.0. The number of methoxy groups -OCH3 is 1. The van der Waals surface area contributed by atoms with E-state index in [0.29, 0.717) is 5.56 Å². The molecule has 0 radical (unpaired) electrons. The van der Waals surface area contributed by atoms with Gasteiger partial charge in [-0.25, -0.2) is 4.79 Å². The lowest BCUT2D eigenvalue weighted by atomic mass is 10.1. The first-order valence-corrected chi connectivity index (χ1v) is 9.92. The largest absolute Gasteiger partial charge is 0.465 e. The fourth-order valence-corrected chi connectivity index (χ4v) is 3.62. The van der Waals surface area contributed by atoms with Gasteiger partial charge >= 0.3 is 23.5 Å².